The van der Waals surface area contributed by atoms with Crippen LogP contribution in [0.2, 0.25) is 0 Å². The van der Waals surface area contributed by atoms with E-state index in [4.69, 9.17) is 15.2 Å². The number of benzene rings is 1. The average Bonchev–Trinajstić information content (AvgIpc) is 2.67. The molecule has 0 aliphatic rings. The van der Waals surface area contributed by atoms with Crippen molar-refractivity contribution in [3.05, 3.63) is 52.1 Å². The molecular formula is C18H16BrF4N5O3. The van der Waals surface area contributed by atoms with Crippen molar-refractivity contribution < 1.29 is 32.3 Å². The van der Waals surface area contributed by atoms with Crippen LogP contribution in [-0.2, 0) is 4.79 Å². The van der Waals surface area contributed by atoms with E-state index in [1.54, 1.807) is 0 Å². The second kappa shape index (κ2) is 11.2. The van der Waals surface area contributed by atoms with Crippen molar-refractivity contribution in [1.29, 1.82) is 5.26 Å². The maximum atomic E-state index is 13.3. The van der Waals surface area contributed by atoms with Gasteiger partial charge in [0.1, 0.15) is 11.9 Å². The normalized spacial score (nSPS) is 10.5. The van der Waals surface area contributed by atoms with E-state index in [1.807, 2.05) is 19.9 Å². The highest BCUT2D eigenvalue weighted by Crippen LogP contribution is 2.23. The van der Waals surface area contributed by atoms with Crippen LogP contribution in [0.25, 0.3) is 0 Å². The Bertz CT molecular complexity index is 979. The van der Waals surface area contributed by atoms with Gasteiger partial charge in [-0.1, -0.05) is 19.9 Å². The molecule has 8 nitrogen and oxygen atoms in total. The Kier molecular flexibility index (Phi) is 9.32. The number of carbonyl (C=O) groups is 2. The lowest BCUT2D eigenvalue weighted by Gasteiger charge is -2.26. The van der Waals surface area contributed by atoms with Crippen molar-refractivity contribution >= 4 is 33.6 Å². The zero-order chi connectivity index (χ0) is 23.8. The molecule has 2 rings (SSSR count). The van der Waals surface area contributed by atoms with Crippen LogP contribution in [-0.4, -0.2) is 39.7 Å². The number of rotatable bonds is 5. The fraction of sp³-hybridized carbons (Fsp3) is 0.278. The number of anilines is 1. The molecule has 0 atom stereocenters. The number of amides is 1. The van der Waals surface area contributed by atoms with Crippen LogP contribution in [0, 0.1) is 23.1 Å². The molecule has 1 aromatic heterocycles. The van der Waals surface area contributed by atoms with Crippen molar-refractivity contribution in [3.63, 3.8) is 0 Å². The third kappa shape index (κ3) is 8.55. The van der Waals surface area contributed by atoms with Gasteiger partial charge in [0, 0.05) is 18.3 Å². The number of hydrogen-bond donors (Lipinski definition) is 2. The standard InChI is InChI=1S/C16H15BrFN5O.C2HF3O2/c1-10(2)9-23(15-13(17)8-20-14(7-19)21-15)22-16(24)11-4-3-5-12(18)6-11;3-2(4,5)1(6)7/h3-6,8,10H,9H2,1-2H3,(H,22,24);(H,6,7). The number of hydrazine groups is 1. The van der Waals surface area contributed by atoms with E-state index in [2.05, 4.69) is 31.3 Å². The quantitative estimate of drug-likeness (QED) is 0.469. The van der Waals surface area contributed by atoms with Gasteiger partial charge in [-0.2, -0.15) is 23.4 Å². The molecule has 0 spiro atoms. The van der Waals surface area contributed by atoms with Crippen molar-refractivity contribution in [1.82, 2.24) is 15.4 Å². The Labute approximate surface area is 182 Å². The van der Waals surface area contributed by atoms with Gasteiger partial charge in [0.25, 0.3) is 5.91 Å². The minimum absolute atomic E-state index is 0.0121. The topological polar surface area (TPSA) is 119 Å². The molecule has 0 radical (unpaired) electrons. The Hall–Kier alpha value is -3.27. The fourth-order valence-corrected chi connectivity index (χ4v) is 2.37. The molecule has 0 fully saturated rings. The van der Waals surface area contributed by atoms with Crippen LogP contribution < -0.4 is 10.4 Å². The van der Waals surface area contributed by atoms with Crippen LogP contribution >= 0.6 is 15.9 Å². The number of carbonyl (C=O) groups excluding carboxylic acids is 1. The summed E-state index contributed by atoms with van der Waals surface area (Å²) < 4.78 is 45.6. The van der Waals surface area contributed by atoms with Crippen molar-refractivity contribution in [3.8, 4) is 6.07 Å². The minimum Gasteiger partial charge on any atom is -0.475 e. The van der Waals surface area contributed by atoms with E-state index in [9.17, 15) is 22.4 Å². The van der Waals surface area contributed by atoms with E-state index in [0.717, 1.165) is 6.07 Å². The van der Waals surface area contributed by atoms with Gasteiger partial charge in [0.05, 0.1) is 4.47 Å². The number of nitriles is 1. The van der Waals surface area contributed by atoms with Crippen molar-refractivity contribution in [2.24, 2.45) is 5.92 Å². The average molecular weight is 506 g/mol. The summed E-state index contributed by atoms with van der Waals surface area (Å²) in [5, 5.41) is 17.6. The molecule has 0 saturated heterocycles. The van der Waals surface area contributed by atoms with Gasteiger partial charge in [-0.3, -0.25) is 15.2 Å². The summed E-state index contributed by atoms with van der Waals surface area (Å²) in [6.07, 6.45) is -3.64. The summed E-state index contributed by atoms with van der Waals surface area (Å²) in [4.78, 5) is 29.3. The van der Waals surface area contributed by atoms with Crippen molar-refractivity contribution in [2.45, 2.75) is 20.0 Å². The first kappa shape index (κ1) is 25.8. The van der Waals surface area contributed by atoms with Crippen LogP contribution in [0.5, 0.6) is 0 Å². The van der Waals surface area contributed by atoms with Gasteiger partial charge in [-0.25, -0.2) is 14.2 Å². The number of carboxylic acid groups (broad SMARTS) is 1. The Morgan fingerprint density at radius 1 is 1.35 bits per heavy atom. The summed E-state index contributed by atoms with van der Waals surface area (Å²) >= 11 is 3.32. The molecular weight excluding hydrogens is 490 g/mol. The highest BCUT2D eigenvalue weighted by Gasteiger charge is 2.38. The predicted molar refractivity (Wildman–Crippen MR) is 104 cm³/mol. The Morgan fingerprint density at radius 3 is 2.45 bits per heavy atom. The molecule has 1 amide bonds. The van der Waals surface area contributed by atoms with Gasteiger partial charge in [0.15, 0.2) is 5.82 Å². The molecule has 0 bridgehead atoms. The number of hydrogen-bond acceptors (Lipinski definition) is 6. The summed E-state index contributed by atoms with van der Waals surface area (Å²) in [5.41, 5.74) is 2.89. The van der Waals surface area contributed by atoms with Gasteiger partial charge in [-0.15, -0.1) is 0 Å². The molecule has 2 N–H and O–H groups in total. The number of nitrogens with zero attached hydrogens (tertiary/aromatic N) is 4. The molecule has 166 valence electrons. The number of carboxylic acids is 1. The first-order valence-electron chi connectivity index (χ1n) is 8.42. The molecule has 0 aliphatic heterocycles. The smallest absolute Gasteiger partial charge is 0.475 e. The summed E-state index contributed by atoms with van der Waals surface area (Å²) in [6.45, 7) is 4.39. The molecule has 0 unspecified atom stereocenters. The fourth-order valence-electron chi connectivity index (χ4n) is 1.97. The number of nitrogens with one attached hydrogen (secondary N) is 1. The summed E-state index contributed by atoms with van der Waals surface area (Å²) in [7, 11) is 0. The zero-order valence-corrected chi connectivity index (χ0v) is 17.7. The highest BCUT2D eigenvalue weighted by molar-refractivity contribution is 9.10. The SMILES string of the molecule is CC(C)CN(NC(=O)c1cccc(F)c1)c1nc(C#N)ncc1Br.O=C(O)C(F)(F)F. The zero-order valence-electron chi connectivity index (χ0n) is 16.1. The monoisotopic (exact) mass is 505 g/mol. The lowest BCUT2D eigenvalue weighted by Crippen LogP contribution is -2.45. The molecule has 1 heterocycles. The predicted octanol–water partition coefficient (Wildman–Crippen LogP) is 3.69. The summed E-state index contributed by atoms with van der Waals surface area (Å²) in [6, 6.07) is 7.26. The molecule has 2 aromatic rings. The number of aliphatic carboxylic acids is 1. The van der Waals surface area contributed by atoms with E-state index >= 15 is 0 Å². The molecule has 31 heavy (non-hydrogen) atoms. The second-order valence-electron chi connectivity index (χ2n) is 6.24. The van der Waals surface area contributed by atoms with Gasteiger partial charge >= 0.3 is 12.1 Å². The largest absolute Gasteiger partial charge is 0.490 e. The second-order valence-corrected chi connectivity index (χ2v) is 7.09. The molecule has 13 heteroatoms. The van der Waals surface area contributed by atoms with Crippen molar-refractivity contribution in [2.75, 3.05) is 11.6 Å². The third-order valence-corrected chi connectivity index (χ3v) is 3.75. The van der Waals surface area contributed by atoms with E-state index < -0.39 is 23.9 Å². The van der Waals surface area contributed by atoms with Crippen LogP contribution in [0.3, 0.4) is 0 Å². The van der Waals surface area contributed by atoms with Crippen LogP contribution in [0.15, 0.2) is 34.9 Å². The Morgan fingerprint density at radius 2 is 1.97 bits per heavy atom. The number of halogens is 5. The van der Waals surface area contributed by atoms with Crippen LogP contribution in [0.4, 0.5) is 23.4 Å². The van der Waals surface area contributed by atoms with E-state index in [1.165, 1.54) is 29.4 Å². The number of aromatic nitrogens is 2. The third-order valence-electron chi connectivity index (χ3n) is 3.19. The number of alkyl halides is 3. The first-order chi connectivity index (χ1) is 14.3. The first-order valence-corrected chi connectivity index (χ1v) is 9.21. The van der Waals surface area contributed by atoms with Crippen LogP contribution in [0.1, 0.15) is 30.0 Å². The lowest BCUT2D eigenvalue weighted by molar-refractivity contribution is -0.192. The van der Waals surface area contributed by atoms with Gasteiger partial charge in [0.2, 0.25) is 5.82 Å². The maximum absolute atomic E-state index is 13.3. The molecule has 0 saturated carbocycles. The molecule has 0 aliphatic carbocycles. The minimum atomic E-state index is -5.08. The summed E-state index contributed by atoms with van der Waals surface area (Å²) in [5.74, 6) is -3.17. The van der Waals surface area contributed by atoms with Gasteiger partial charge in [-0.05, 0) is 40.0 Å². The highest BCUT2D eigenvalue weighted by atomic mass is 79.9. The lowest BCUT2D eigenvalue weighted by atomic mass is 10.2. The Balaban J connectivity index is 0.000000592. The maximum Gasteiger partial charge on any atom is 0.490 e. The van der Waals surface area contributed by atoms with Gasteiger partial charge < -0.3 is 5.11 Å². The van der Waals surface area contributed by atoms with E-state index in [0.29, 0.717) is 16.8 Å². The van der Waals surface area contributed by atoms with E-state index in [-0.39, 0.29) is 17.3 Å². The molecule has 1 aromatic carbocycles.